The van der Waals surface area contributed by atoms with Crippen molar-refractivity contribution in [1.82, 2.24) is 9.80 Å². The highest BCUT2D eigenvalue weighted by molar-refractivity contribution is 5.77. The lowest BCUT2D eigenvalue weighted by Gasteiger charge is -2.40. The van der Waals surface area contributed by atoms with Gasteiger partial charge in [-0.05, 0) is 50.6 Å². The number of rotatable bonds is 6. The maximum absolute atomic E-state index is 12.7. The molecule has 4 heteroatoms. The van der Waals surface area contributed by atoms with Crippen LogP contribution in [0.5, 0.6) is 0 Å². The first-order valence-corrected chi connectivity index (χ1v) is 9.28. The van der Waals surface area contributed by atoms with E-state index >= 15 is 0 Å². The molecule has 1 saturated carbocycles. The van der Waals surface area contributed by atoms with Crippen LogP contribution in [0.3, 0.4) is 0 Å². The number of hydrogen-bond acceptors (Lipinski definition) is 3. The Morgan fingerprint density at radius 2 is 1.86 bits per heavy atom. The number of hydrogen-bond donors (Lipinski definition) is 1. The second-order valence-electron chi connectivity index (χ2n) is 7.52. The van der Waals surface area contributed by atoms with Gasteiger partial charge >= 0.3 is 0 Å². The van der Waals surface area contributed by atoms with Gasteiger partial charge < -0.3 is 15.5 Å². The summed E-state index contributed by atoms with van der Waals surface area (Å²) in [4.78, 5) is 17.3. The van der Waals surface area contributed by atoms with Gasteiger partial charge in [-0.3, -0.25) is 4.79 Å². The molecular weight excluding hydrogens is 274 g/mol. The Morgan fingerprint density at radius 3 is 2.41 bits per heavy atom. The third kappa shape index (κ3) is 4.45. The average Bonchev–Trinajstić information content (AvgIpc) is 2.56. The molecule has 1 aliphatic carbocycles. The summed E-state index contributed by atoms with van der Waals surface area (Å²) in [5.74, 6) is 0.321. The average molecular weight is 309 g/mol. The zero-order chi connectivity index (χ0) is 16.0. The Kier molecular flexibility index (Phi) is 6.69. The van der Waals surface area contributed by atoms with E-state index in [-0.39, 0.29) is 5.41 Å². The molecule has 1 saturated heterocycles. The van der Waals surface area contributed by atoms with Crippen LogP contribution in [-0.4, -0.2) is 55.0 Å². The largest absolute Gasteiger partial charge is 0.343 e. The molecule has 0 bridgehead atoms. The first-order valence-electron chi connectivity index (χ1n) is 9.28. The van der Waals surface area contributed by atoms with Crippen molar-refractivity contribution < 1.29 is 4.79 Å². The molecular formula is C18H35N3O. The Balaban J connectivity index is 1.84. The van der Waals surface area contributed by atoms with Gasteiger partial charge in [0.15, 0.2) is 0 Å². The Labute approximate surface area is 136 Å². The molecule has 0 radical (unpaired) electrons. The number of likely N-dealkylation sites (tertiary alicyclic amines) is 1. The summed E-state index contributed by atoms with van der Waals surface area (Å²) in [5.41, 5.74) is 6.13. The summed E-state index contributed by atoms with van der Waals surface area (Å²) in [5, 5.41) is 0. The van der Waals surface area contributed by atoms with Gasteiger partial charge in [0.2, 0.25) is 5.91 Å². The summed E-state index contributed by atoms with van der Waals surface area (Å²) in [6.45, 7) is 6.37. The normalized spacial score (nSPS) is 23.4. The number of carbonyl (C=O) groups is 1. The van der Waals surface area contributed by atoms with Gasteiger partial charge in [0.1, 0.15) is 0 Å². The van der Waals surface area contributed by atoms with Crippen LogP contribution in [0.2, 0.25) is 0 Å². The highest BCUT2D eigenvalue weighted by atomic mass is 16.2. The van der Waals surface area contributed by atoms with Crippen molar-refractivity contribution in [2.75, 3.05) is 33.2 Å². The van der Waals surface area contributed by atoms with Crippen molar-refractivity contribution >= 4 is 5.91 Å². The zero-order valence-electron chi connectivity index (χ0n) is 14.6. The Morgan fingerprint density at radius 1 is 1.23 bits per heavy atom. The Hall–Kier alpha value is -0.610. The van der Waals surface area contributed by atoms with Gasteiger partial charge in [0.25, 0.3) is 0 Å². The van der Waals surface area contributed by atoms with E-state index in [1.165, 1.54) is 32.2 Å². The molecule has 2 aliphatic rings. The van der Waals surface area contributed by atoms with Gasteiger partial charge in [-0.25, -0.2) is 0 Å². The molecule has 0 atom stereocenters. The van der Waals surface area contributed by atoms with Gasteiger partial charge in [-0.1, -0.05) is 26.2 Å². The maximum atomic E-state index is 12.7. The predicted octanol–water partition coefficient (Wildman–Crippen LogP) is 2.62. The number of nitrogens with two attached hydrogens (primary N) is 1. The van der Waals surface area contributed by atoms with Crippen LogP contribution in [0, 0.1) is 5.41 Å². The summed E-state index contributed by atoms with van der Waals surface area (Å²) in [6, 6.07) is 0.430. The van der Waals surface area contributed by atoms with Crippen molar-refractivity contribution in [2.45, 2.75) is 70.8 Å². The van der Waals surface area contributed by atoms with E-state index < -0.39 is 0 Å². The van der Waals surface area contributed by atoms with E-state index in [9.17, 15) is 4.79 Å². The lowest BCUT2D eigenvalue weighted by Crippen LogP contribution is -2.47. The molecule has 1 aliphatic heterocycles. The van der Waals surface area contributed by atoms with Crippen LogP contribution in [-0.2, 0) is 4.79 Å². The molecule has 2 N–H and O–H groups in total. The van der Waals surface area contributed by atoms with E-state index in [1.807, 2.05) is 11.9 Å². The van der Waals surface area contributed by atoms with E-state index in [1.54, 1.807) is 0 Å². The fourth-order valence-electron chi connectivity index (χ4n) is 4.25. The minimum atomic E-state index is 0.0898. The molecule has 1 amide bonds. The molecule has 0 aromatic heterocycles. The first-order chi connectivity index (χ1) is 10.6. The van der Waals surface area contributed by atoms with Crippen molar-refractivity contribution in [3.8, 4) is 0 Å². The van der Waals surface area contributed by atoms with Crippen LogP contribution >= 0.6 is 0 Å². The van der Waals surface area contributed by atoms with Crippen LogP contribution in [0.4, 0.5) is 0 Å². The van der Waals surface area contributed by atoms with E-state index in [0.717, 1.165) is 38.8 Å². The van der Waals surface area contributed by atoms with Crippen LogP contribution in [0.25, 0.3) is 0 Å². The smallest absolute Gasteiger partial charge is 0.223 e. The molecule has 2 fully saturated rings. The van der Waals surface area contributed by atoms with Gasteiger partial charge in [0.05, 0.1) is 0 Å². The van der Waals surface area contributed by atoms with Crippen LogP contribution in [0.1, 0.15) is 64.7 Å². The van der Waals surface area contributed by atoms with E-state index in [4.69, 9.17) is 5.73 Å². The van der Waals surface area contributed by atoms with Crippen molar-refractivity contribution in [3.05, 3.63) is 0 Å². The quantitative estimate of drug-likeness (QED) is 0.820. The third-order valence-corrected chi connectivity index (χ3v) is 5.91. The van der Waals surface area contributed by atoms with Crippen LogP contribution < -0.4 is 5.73 Å². The predicted molar refractivity (Wildman–Crippen MR) is 91.7 cm³/mol. The van der Waals surface area contributed by atoms with Gasteiger partial charge in [-0.2, -0.15) is 0 Å². The molecule has 22 heavy (non-hydrogen) atoms. The fraction of sp³-hybridized carbons (Fsp3) is 0.944. The van der Waals surface area contributed by atoms with Crippen molar-refractivity contribution in [2.24, 2.45) is 11.1 Å². The van der Waals surface area contributed by atoms with Gasteiger partial charge in [-0.15, -0.1) is 0 Å². The lowest BCUT2D eigenvalue weighted by atomic mass is 9.71. The topological polar surface area (TPSA) is 49.6 Å². The number of piperidine rings is 1. The molecule has 0 aromatic rings. The van der Waals surface area contributed by atoms with E-state index in [0.29, 0.717) is 24.9 Å². The highest BCUT2D eigenvalue weighted by Gasteiger charge is 2.35. The third-order valence-electron chi connectivity index (χ3n) is 5.91. The summed E-state index contributed by atoms with van der Waals surface area (Å²) in [6.07, 6.45) is 10.2. The molecule has 4 nitrogen and oxygen atoms in total. The number of carbonyl (C=O) groups excluding carboxylic acids is 1. The molecule has 0 aromatic carbocycles. The SMILES string of the molecule is CCCN1CCC(N(C)C(=O)CC2(CN)CCCCC2)CC1. The maximum Gasteiger partial charge on any atom is 0.223 e. The summed E-state index contributed by atoms with van der Waals surface area (Å²) in [7, 11) is 2.01. The minimum Gasteiger partial charge on any atom is -0.343 e. The van der Waals surface area contributed by atoms with Gasteiger partial charge in [0, 0.05) is 32.6 Å². The molecule has 1 heterocycles. The Bertz CT molecular complexity index is 344. The summed E-state index contributed by atoms with van der Waals surface area (Å²) < 4.78 is 0. The highest BCUT2D eigenvalue weighted by Crippen LogP contribution is 2.39. The van der Waals surface area contributed by atoms with Crippen LogP contribution in [0.15, 0.2) is 0 Å². The standard InChI is InChI=1S/C18H35N3O/c1-3-11-21-12-7-16(8-13-21)20(2)17(22)14-18(15-19)9-5-4-6-10-18/h16H,3-15,19H2,1-2H3. The molecule has 2 rings (SSSR count). The minimum absolute atomic E-state index is 0.0898. The number of amides is 1. The molecule has 0 spiro atoms. The zero-order valence-corrected chi connectivity index (χ0v) is 14.6. The van der Waals surface area contributed by atoms with Crippen molar-refractivity contribution in [1.29, 1.82) is 0 Å². The lowest BCUT2D eigenvalue weighted by molar-refractivity contribution is -0.135. The monoisotopic (exact) mass is 309 g/mol. The fourth-order valence-corrected chi connectivity index (χ4v) is 4.25. The second-order valence-corrected chi connectivity index (χ2v) is 7.52. The van der Waals surface area contributed by atoms with Crippen molar-refractivity contribution in [3.63, 3.8) is 0 Å². The van der Waals surface area contributed by atoms with E-state index in [2.05, 4.69) is 11.8 Å². The summed E-state index contributed by atoms with van der Waals surface area (Å²) >= 11 is 0. The second kappa shape index (κ2) is 8.30. The molecule has 0 unspecified atom stereocenters. The molecule has 128 valence electrons. The number of nitrogens with zero attached hydrogens (tertiary/aromatic N) is 2. The first kappa shape index (κ1) is 17.7.